The highest BCUT2D eigenvalue weighted by Crippen LogP contribution is 2.30. The van der Waals surface area contributed by atoms with Gasteiger partial charge in [-0.3, -0.25) is 0 Å². The Hall–Kier alpha value is -1.57. The van der Waals surface area contributed by atoms with Crippen LogP contribution >= 0.6 is 0 Å². The number of nitrogens with zero attached hydrogens (tertiary/aromatic N) is 1. The van der Waals surface area contributed by atoms with E-state index in [2.05, 4.69) is 4.85 Å². The van der Waals surface area contributed by atoms with Crippen LogP contribution in [-0.2, 0) is 12.7 Å². The summed E-state index contributed by atoms with van der Waals surface area (Å²) in [5, 5.41) is 0. The van der Waals surface area contributed by atoms with E-state index in [1.54, 1.807) is 0 Å². The minimum absolute atomic E-state index is 0.0346. The van der Waals surface area contributed by atoms with Crippen LogP contribution < -0.4 is 0 Å². The van der Waals surface area contributed by atoms with Crippen LogP contribution in [0.15, 0.2) is 18.2 Å². The molecule has 1 aromatic rings. The number of hydrogen-bond donors (Lipinski definition) is 0. The summed E-state index contributed by atoms with van der Waals surface area (Å²) < 4.78 is 49.1. The maximum Gasteiger partial charge on any atom is 0.416 e. The second kappa shape index (κ2) is 3.66. The zero-order valence-corrected chi connectivity index (χ0v) is 6.90. The molecule has 0 spiro atoms. The van der Waals surface area contributed by atoms with Gasteiger partial charge in [0, 0.05) is 5.56 Å². The lowest BCUT2D eigenvalue weighted by molar-refractivity contribution is -0.137. The number of hydrogen-bond acceptors (Lipinski definition) is 0. The Morgan fingerprint density at radius 1 is 1.21 bits per heavy atom. The van der Waals surface area contributed by atoms with Gasteiger partial charge < -0.3 is 4.85 Å². The Labute approximate surface area is 77.8 Å². The van der Waals surface area contributed by atoms with E-state index in [4.69, 9.17) is 6.57 Å². The summed E-state index contributed by atoms with van der Waals surface area (Å²) in [5.41, 5.74) is -1.02. The lowest BCUT2D eigenvalue weighted by Gasteiger charge is -2.06. The Morgan fingerprint density at radius 2 is 1.86 bits per heavy atom. The molecule has 0 fully saturated rings. The van der Waals surface area contributed by atoms with Crippen molar-refractivity contribution in [3.05, 3.63) is 46.6 Å². The van der Waals surface area contributed by atoms with Gasteiger partial charge in [-0.1, -0.05) is 0 Å². The van der Waals surface area contributed by atoms with E-state index in [1.165, 1.54) is 0 Å². The SMILES string of the molecule is [C-]#[N+]Cc1cc(F)cc(C(F)(F)F)c1. The fraction of sp³-hybridized carbons (Fsp3) is 0.222. The number of benzene rings is 1. The number of halogens is 4. The first-order valence-corrected chi connectivity index (χ1v) is 3.63. The third-order valence-electron chi connectivity index (χ3n) is 1.55. The van der Waals surface area contributed by atoms with E-state index in [-0.39, 0.29) is 12.1 Å². The zero-order valence-electron chi connectivity index (χ0n) is 6.90. The smallest absolute Gasteiger partial charge is 0.312 e. The van der Waals surface area contributed by atoms with E-state index < -0.39 is 17.6 Å². The van der Waals surface area contributed by atoms with Gasteiger partial charge in [-0.05, 0) is 18.2 Å². The van der Waals surface area contributed by atoms with Crippen molar-refractivity contribution >= 4 is 0 Å². The van der Waals surface area contributed by atoms with Gasteiger partial charge >= 0.3 is 6.18 Å². The number of alkyl halides is 3. The van der Waals surface area contributed by atoms with Gasteiger partial charge in [0.15, 0.2) is 0 Å². The molecule has 0 bridgehead atoms. The summed E-state index contributed by atoms with van der Waals surface area (Å²) in [6, 6.07) is 2.11. The van der Waals surface area contributed by atoms with Crippen LogP contribution in [0.1, 0.15) is 11.1 Å². The predicted molar refractivity (Wildman–Crippen MR) is 41.7 cm³/mol. The Balaban J connectivity index is 3.15. The van der Waals surface area contributed by atoms with Crippen LogP contribution in [0.5, 0.6) is 0 Å². The Morgan fingerprint density at radius 3 is 2.36 bits per heavy atom. The average Bonchev–Trinajstić information content (AvgIpc) is 2.02. The maximum atomic E-state index is 12.7. The molecule has 74 valence electrons. The van der Waals surface area contributed by atoms with Gasteiger partial charge in [0.05, 0.1) is 5.56 Å². The third kappa shape index (κ3) is 2.46. The van der Waals surface area contributed by atoms with Crippen molar-refractivity contribution < 1.29 is 17.6 Å². The van der Waals surface area contributed by atoms with Gasteiger partial charge in [-0.25, -0.2) is 11.0 Å². The molecule has 0 N–H and O–H groups in total. The van der Waals surface area contributed by atoms with Crippen molar-refractivity contribution in [2.45, 2.75) is 12.7 Å². The van der Waals surface area contributed by atoms with Gasteiger partial charge in [-0.15, -0.1) is 0 Å². The minimum atomic E-state index is -4.57. The molecule has 0 aromatic heterocycles. The quantitative estimate of drug-likeness (QED) is 0.487. The maximum absolute atomic E-state index is 12.7. The lowest BCUT2D eigenvalue weighted by atomic mass is 10.1. The first-order valence-electron chi connectivity index (χ1n) is 3.63. The molecule has 0 radical (unpaired) electrons. The fourth-order valence-electron chi connectivity index (χ4n) is 0.997. The van der Waals surface area contributed by atoms with Crippen molar-refractivity contribution in [3.63, 3.8) is 0 Å². The molecule has 0 amide bonds. The molecule has 1 aromatic carbocycles. The number of rotatable bonds is 1. The summed E-state index contributed by atoms with van der Waals surface area (Å²) in [7, 11) is 0. The molecule has 5 heteroatoms. The third-order valence-corrected chi connectivity index (χ3v) is 1.55. The van der Waals surface area contributed by atoms with E-state index >= 15 is 0 Å². The summed E-state index contributed by atoms with van der Waals surface area (Å²) in [5.74, 6) is -0.974. The minimum Gasteiger partial charge on any atom is -0.312 e. The molecule has 1 rings (SSSR count). The molecule has 0 aliphatic carbocycles. The summed E-state index contributed by atoms with van der Waals surface area (Å²) in [6.07, 6.45) is -4.57. The monoisotopic (exact) mass is 203 g/mol. The molecule has 0 atom stereocenters. The molecule has 0 aliphatic heterocycles. The second-order valence-corrected chi connectivity index (χ2v) is 2.66. The van der Waals surface area contributed by atoms with Crippen molar-refractivity contribution in [1.82, 2.24) is 0 Å². The second-order valence-electron chi connectivity index (χ2n) is 2.66. The summed E-state index contributed by atoms with van der Waals surface area (Å²) >= 11 is 0. The van der Waals surface area contributed by atoms with Crippen LogP contribution in [0.4, 0.5) is 17.6 Å². The fourth-order valence-corrected chi connectivity index (χ4v) is 0.997. The van der Waals surface area contributed by atoms with Gasteiger partial charge in [0.1, 0.15) is 5.82 Å². The van der Waals surface area contributed by atoms with Crippen molar-refractivity contribution in [3.8, 4) is 0 Å². The normalized spacial score (nSPS) is 11.1. The zero-order chi connectivity index (χ0) is 10.8. The molecule has 0 saturated carbocycles. The van der Waals surface area contributed by atoms with Crippen LogP contribution in [0.25, 0.3) is 4.85 Å². The van der Waals surface area contributed by atoms with E-state index in [0.29, 0.717) is 6.07 Å². The van der Waals surface area contributed by atoms with Crippen LogP contribution in [-0.4, -0.2) is 0 Å². The topological polar surface area (TPSA) is 4.36 Å². The molecule has 0 unspecified atom stereocenters. The van der Waals surface area contributed by atoms with Crippen molar-refractivity contribution in [1.29, 1.82) is 0 Å². The Bertz CT molecular complexity index is 375. The van der Waals surface area contributed by atoms with Gasteiger partial charge in [0.2, 0.25) is 6.54 Å². The standard InChI is InChI=1S/C9H5F4N/c1-14-5-6-2-7(9(11,12)13)4-8(10)3-6/h2-4H,5H2. The predicted octanol–water partition coefficient (Wildman–Crippen LogP) is 3.26. The largest absolute Gasteiger partial charge is 0.416 e. The average molecular weight is 203 g/mol. The van der Waals surface area contributed by atoms with Crippen molar-refractivity contribution in [2.24, 2.45) is 0 Å². The highest BCUT2D eigenvalue weighted by Gasteiger charge is 2.31. The lowest BCUT2D eigenvalue weighted by Crippen LogP contribution is -2.06. The summed E-state index contributed by atoms with van der Waals surface area (Å²) in [6.45, 7) is 6.21. The van der Waals surface area contributed by atoms with Crippen LogP contribution in [0, 0.1) is 12.4 Å². The first kappa shape index (κ1) is 10.5. The molecule has 0 saturated heterocycles. The molecular formula is C9H5F4N. The first-order chi connectivity index (χ1) is 6.43. The molecule has 14 heavy (non-hydrogen) atoms. The van der Waals surface area contributed by atoms with Crippen LogP contribution in [0.3, 0.4) is 0 Å². The molecule has 0 aliphatic rings. The highest BCUT2D eigenvalue weighted by molar-refractivity contribution is 5.27. The van der Waals surface area contributed by atoms with E-state index in [9.17, 15) is 17.6 Å². The summed E-state index contributed by atoms with van der Waals surface area (Å²) in [4.78, 5) is 2.89. The molecule has 0 heterocycles. The van der Waals surface area contributed by atoms with Gasteiger partial charge in [-0.2, -0.15) is 13.2 Å². The van der Waals surface area contributed by atoms with Crippen molar-refractivity contribution in [2.75, 3.05) is 0 Å². The highest BCUT2D eigenvalue weighted by atomic mass is 19.4. The van der Waals surface area contributed by atoms with E-state index in [0.717, 1.165) is 12.1 Å². The van der Waals surface area contributed by atoms with Crippen LogP contribution in [0.2, 0.25) is 0 Å². The van der Waals surface area contributed by atoms with Gasteiger partial charge in [0.25, 0.3) is 0 Å². The van der Waals surface area contributed by atoms with E-state index in [1.807, 2.05) is 0 Å². The Kier molecular flexibility index (Phi) is 2.75. The molecular weight excluding hydrogens is 198 g/mol. The molecule has 1 nitrogen and oxygen atoms in total.